The van der Waals surface area contributed by atoms with Gasteiger partial charge in [0.25, 0.3) is 0 Å². The molecule has 0 heterocycles. The van der Waals surface area contributed by atoms with Crippen LogP contribution in [-0.2, 0) is 0 Å². The molecule has 0 aliphatic rings. The zero-order chi connectivity index (χ0) is 17.9. The highest BCUT2D eigenvalue weighted by atomic mass is 14.9. The monoisotopic (exact) mass is 332 g/mol. The summed E-state index contributed by atoms with van der Waals surface area (Å²) in [6.07, 6.45) is 6.36. The molecule has 130 valence electrons. The predicted molar refractivity (Wildman–Crippen MR) is 109 cm³/mol. The van der Waals surface area contributed by atoms with Crippen LogP contribution in [0.15, 0.2) is 89.7 Å². The molecule has 0 saturated carbocycles. The van der Waals surface area contributed by atoms with Crippen LogP contribution in [0.3, 0.4) is 0 Å². The van der Waals surface area contributed by atoms with Gasteiger partial charge in [-0.25, -0.2) is 4.99 Å². The molecule has 2 aromatic carbocycles. The Balaban J connectivity index is 2.56. The number of hydrogen-bond donors (Lipinski definition) is 1. The SMILES string of the molecule is C=CN=CN/C(CCC)=C(/CC)C(c1ccccc1)c1ccccc1. The first-order valence-corrected chi connectivity index (χ1v) is 9.02. The fourth-order valence-electron chi connectivity index (χ4n) is 3.22. The van der Waals surface area contributed by atoms with Crippen LogP contribution in [0.5, 0.6) is 0 Å². The fourth-order valence-corrected chi connectivity index (χ4v) is 3.22. The highest BCUT2D eigenvalue weighted by molar-refractivity contribution is 5.59. The Hall–Kier alpha value is -2.61. The molecule has 0 atom stereocenters. The van der Waals surface area contributed by atoms with Gasteiger partial charge in [0.1, 0.15) is 0 Å². The van der Waals surface area contributed by atoms with Crippen molar-refractivity contribution in [3.05, 3.63) is 95.8 Å². The molecule has 2 heteroatoms. The lowest BCUT2D eigenvalue weighted by atomic mass is 9.82. The molecule has 0 aliphatic heterocycles. The van der Waals surface area contributed by atoms with Crippen molar-refractivity contribution in [1.82, 2.24) is 5.32 Å². The van der Waals surface area contributed by atoms with E-state index < -0.39 is 0 Å². The Bertz CT molecular complexity index is 660. The van der Waals surface area contributed by atoms with Crippen LogP contribution in [0.25, 0.3) is 0 Å². The van der Waals surface area contributed by atoms with Gasteiger partial charge in [-0.3, -0.25) is 0 Å². The van der Waals surface area contributed by atoms with Crippen molar-refractivity contribution in [3.63, 3.8) is 0 Å². The largest absolute Gasteiger partial charge is 0.350 e. The lowest BCUT2D eigenvalue weighted by molar-refractivity contribution is 0.776. The zero-order valence-electron chi connectivity index (χ0n) is 15.3. The summed E-state index contributed by atoms with van der Waals surface area (Å²) >= 11 is 0. The van der Waals surface area contributed by atoms with Gasteiger partial charge < -0.3 is 5.32 Å². The van der Waals surface area contributed by atoms with E-state index in [2.05, 4.69) is 91.4 Å². The second kappa shape index (κ2) is 10.3. The average Bonchev–Trinajstić information content (AvgIpc) is 2.67. The maximum absolute atomic E-state index is 4.11. The van der Waals surface area contributed by atoms with Gasteiger partial charge in [0.05, 0.1) is 6.34 Å². The average molecular weight is 332 g/mol. The third-order valence-corrected chi connectivity index (χ3v) is 4.30. The Morgan fingerprint density at radius 3 is 2.00 bits per heavy atom. The summed E-state index contributed by atoms with van der Waals surface area (Å²) < 4.78 is 0. The van der Waals surface area contributed by atoms with E-state index in [0.717, 1.165) is 19.3 Å². The molecule has 0 aromatic heterocycles. The minimum atomic E-state index is 0.249. The second-order valence-electron chi connectivity index (χ2n) is 5.97. The summed E-state index contributed by atoms with van der Waals surface area (Å²) in [5.74, 6) is 0.249. The van der Waals surface area contributed by atoms with Crippen LogP contribution < -0.4 is 5.32 Å². The van der Waals surface area contributed by atoms with E-state index in [-0.39, 0.29) is 5.92 Å². The Kier molecular flexibility index (Phi) is 7.71. The summed E-state index contributed by atoms with van der Waals surface area (Å²) in [4.78, 5) is 4.11. The van der Waals surface area contributed by atoms with Crippen LogP contribution in [0.1, 0.15) is 50.2 Å². The van der Waals surface area contributed by atoms with Crippen LogP contribution in [-0.4, -0.2) is 6.34 Å². The first-order chi connectivity index (χ1) is 12.3. The van der Waals surface area contributed by atoms with E-state index >= 15 is 0 Å². The molecule has 25 heavy (non-hydrogen) atoms. The molecule has 2 nitrogen and oxygen atoms in total. The normalized spacial score (nSPS) is 12.3. The van der Waals surface area contributed by atoms with Gasteiger partial charge in [0.15, 0.2) is 0 Å². The lowest BCUT2D eigenvalue weighted by Crippen LogP contribution is -2.17. The minimum Gasteiger partial charge on any atom is -0.350 e. The number of nitrogens with zero attached hydrogens (tertiary/aromatic N) is 1. The first kappa shape index (κ1) is 18.7. The van der Waals surface area contributed by atoms with Gasteiger partial charge in [-0.1, -0.05) is 87.5 Å². The van der Waals surface area contributed by atoms with E-state index in [1.165, 1.54) is 22.4 Å². The van der Waals surface area contributed by atoms with Crippen molar-refractivity contribution in [3.8, 4) is 0 Å². The third-order valence-electron chi connectivity index (χ3n) is 4.30. The maximum Gasteiger partial charge on any atom is 0.0920 e. The Morgan fingerprint density at radius 2 is 1.56 bits per heavy atom. The summed E-state index contributed by atoms with van der Waals surface area (Å²) in [6.45, 7) is 8.09. The van der Waals surface area contributed by atoms with Gasteiger partial charge in [0, 0.05) is 17.8 Å². The molecular formula is C23H28N2. The topological polar surface area (TPSA) is 24.4 Å². The standard InChI is InChI=1S/C23H28N2/c1-4-13-22(25-18-24-6-3)21(5-2)23(19-14-9-7-10-15-19)20-16-11-8-12-17-20/h6-12,14-18,23H,3-5,13H2,1-2H3,(H,24,25)/b22-21-. The van der Waals surface area contributed by atoms with E-state index in [0.29, 0.717) is 0 Å². The van der Waals surface area contributed by atoms with Crippen LogP contribution >= 0.6 is 0 Å². The summed E-state index contributed by atoms with van der Waals surface area (Å²) in [7, 11) is 0. The molecule has 0 fully saturated rings. The molecule has 0 saturated heterocycles. The van der Waals surface area contributed by atoms with E-state index in [9.17, 15) is 0 Å². The smallest absolute Gasteiger partial charge is 0.0920 e. The molecule has 0 aliphatic carbocycles. The molecular weight excluding hydrogens is 304 g/mol. The van der Waals surface area contributed by atoms with Crippen LogP contribution in [0.2, 0.25) is 0 Å². The number of allylic oxidation sites excluding steroid dienone is 2. The second-order valence-corrected chi connectivity index (χ2v) is 5.97. The highest BCUT2D eigenvalue weighted by Gasteiger charge is 2.20. The third kappa shape index (κ3) is 5.18. The molecule has 0 radical (unpaired) electrons. The van der Waals surface area contributed by atoms with E-state index in [1.807, 2.05) is 0 Å². The maximum atomic E-state index is 4.11. The van der Waals surface area contributed by atoms with Gasteiger partial charge in [-0.15, -0.1) is 0 Å². The highest BCUT2D eigenvalue weighted by Crippen LogP contribution is 2.35. The molecule has 2 rings (SSSR count). The first-order valence-electron chi connectivity index (χ1n) is 9.02. The molecule has 0 unspecified atom stereocenters. The number of benzene rings is 2. The number of hydrogen-bond acceptors (Lipinski definition) is 1. The zero-order valence-corrected chi connectivity index (χ0v) is 15.3. The van der Waals surface area contributed by atoms with E-state index in [1.54, 1.807) is 12.5 Å². The predicted octanol–water partition coefficient (Wildman–Crippen LogP) is 6.04. The van der Waals surface area contributed by atoms with Gasteiger partial charge in [0.2, 0.25) is 0 Å². The van der Waals surface area contributed by atoms with Crippen molar-refractivity contribution in [1.29, 1.82) is 0 Å². The number of nitrogens with one attached hydrogen (secondary N) is 1. The quantitative estimate of drug-likeness (QED) is 0.439. The summed E-state index contributed by atoms with van der Waals surface area (Å²) in [5.41, 5.74) is 5.31. The number of aliphatic imine (C=N–C) groups is 1. The molecule has 0 amide bonds. The summed E-state index contributed by atoms with van der Waals surface area (Å²) in [6, 6.07) is 21.5. The van der Waals surface area contributed by atoms with Crippen molar-refractivity contribution >= 4 is 6.34 Å². The molecule has 0 spiro atoms. The van der Waals surface area contributed by atoms with Crippen LogP contribution in [0.4, 0.5) is 0 Å². The van der Waals surface area contributed by atoms with Crippen LogP contribution in [0, 0.1) is 0 Å². The van der Waals surface area contributed by atoms with Crippen molar-refractivity contribution < 1.29 is 0 Å². The minimum absolute atomic E-state index is 0.249. The van der Waals surface area contributed by atoms with Gasteiger partial charge in [-0.2, -0.15) is 0 Å². The van der Waals surface area contributed by atoms with Gasteiger partial charge >= 0.3 is 0 Å². The summed E-state index contributed by atoms with van der Waals surface area (Å²) in [5, 5.41) is 3.41. The fraction of sp³-hybridized carbons (Fsp3) is 0.261. The Labute approximate surface area is 152 Å². The lowest BCUT2D eigenvalue weighted by Gasteiger charge is -2.24. The Morgan fingerprint density at radius 1 is 1.00 bits per heavy atom. The van der Waals surface area contributed by atoms with Crippen molar-refractivity contribution in [2.45, 2.75) is 39.0 Å². The number of rotatable bonds is 9. The van der Waals surface area contributed by atoms with E-state index in [4.69, 9.17) is 0 Å². The molecule has 1 N–H and O–H groups in total. The molecule has 0 bridgehead atoms. The van der Waals surface area contributed by atoms with Crippen molar-refractivity contribution in [2.75, 3.05) is 0 Å². The molecule has 2 aromatic rings. The van der Waals surface area contributed by atoms with Crippen molar-refractivity contribution in [2.24, 2.45) is 4.99 Å². The van der Waals surface area contributed by atoms with Gasteiger partial charge in [-0.05, 0) is 29.5 Å².